The number of carboxylic acid groups (broad SMARTS) is 1. The van der Waals surface area contributed by atoms with Crippen LogP contribution < -0.4 is 10.6 Å². The Hall–Kier alpha value is -1.82. The molecule has 1 aromatic rings. The highest BCUT2D eigenvalue weighted by atomic mass is 19.1. The first-order chi connectivity index (χ1) is 9.54. The maximum atomic E-state index is 13.4. The number of carboxylic acids is 1. The minimum Gasteiger partial charge on any atom is -0.478 e. The molecule has 0 radical (unpaired) electrons. The van der Waals surface area contributed by atoms with E-state index in [1.54, 1.807) is 0 Å². The third kappa shape index (κ3) is 2.85. The predicted octanol–water partition coefficient (Wildman–Crippen LogP) is 2.11. The maximum Gasteiger partial charge on any atom is 0.340 e. The summed E-state index contributed by atoms with van der Waals surface area (Å²) in [5, 5.41) is 9.24. The summed E-state index contributed by atoms with van der Waals surface area (Å²) < 4.78 is 19.0. The minimum atomic E-state index is -1.20. The van der Waals surface area contributed by atoms with Gasteiger partial charge in [0.2, 0.25) is 0 Å². The molecular weight excluding hydrogens is 263 g/mol. The van der Waals surface area contributed by atoms with Gasteiger partial charge in [-0.3, -0.25) is 0 Å². The van der Waals surface area contributed by atoms with Crippen LogP contribution in [0.3, 0.4) is 0 Å². The fourth-order valence-electron chi connectivity index (χ4n) is 2.57. The highest BCUT2D eigenvalue weighted by Crippen LogP contribution is 2.30. The maximum absolute atomic E-state index is 13.4. The third-order valence-electron chi connectivity index (χ3n) is 3.57. The van der Waals surface area contributed by atoms with Gasteiger partial charge in [-0.25, -0.2) is 9.18 Å². The average molecular weight is 282 g/mol. The van der Waals surface area contributed by atoms with Gasteiger partial charge in [0.1, 0.15) is 11.4 Å². The lowest BCUT2D eigenvalue weighted by Gasteiger charge is -2.34. The molecule has 5 nitrogen and oxygen atoms in total. The minimum absolute atomic E-state index is 0.153. The number of nitrogens with zero attached hydrogens (tertiary/aromatic N) is 1. The number of nitrogen functional groups attached to an aromatic ring is 1. The van der Waals surface area contributed by atoms with Gasteiger partial charge in [-0.1, -0.05) is 0 Å². The molecule has 0 aliphatic carbocycles. The average Bonchev–Trinajstić information content (AvgIpc) is 2.42. The van der Waals surface area contributed by atoms with Crippen LogP contribution in [0.1, 0.15) is 30.1 Å². The van der Waals surface area contributed by atoms with Crippen molar-refractivity contribution in [1.29, 1.82) is 0 Å². The summed E-state index contributed by atoms with van der Waals surface area (Å²) >= 11 is 0. The summed E-state index contributed by atoms with van der Waals surface area (Å²) in [6.07, 6.45) is 1.86. The SMILES string of the molecule is CCOC1CCN(c2ccc(F)c(N)c2C(=O)O)CC1. The number of benzene rings is 1. The molecule has 0 bridgehead atoms. The normalized spacial score (nSPS) is 16.4. The van der Waals surface area contributed by atoms with Crippen LogP contribution in [-0.2, 0) is 4.74 Å². The topological polar surface area (TPSA) is 75.8 Å². The van der Waals surface area contributed by atoms with Gasteiger partial charge in [0, 0.05) is 19.7 Å². The monoisotopic (exact) mass is 282 g/mol. The lowest BCUT2D eigenvalue weighted by Crippen LogP contribution is -2.38. The van der Waals surface area contributed by atoms with E-state index in [2.05, 4.69) is 0 Å². The number of nitrogens with two attached hydrogens (primary N) is 1. The fraction of sp³-hybridized carbons (Fsp3) is 0.500. The lowest BCUT2D eigenvalue weighted by molar-refractivity contribution is 0.0459. The van der Waals surface area contributed by atoms with Gasteiger partial charge in [-0.2, -0.15) is 0 Å². The van der Waals surface area contributed by atoms with Crippen molar-refractivity contribution in [1.82, 2.24) is 0 Å². The molecule has 1 aliphatic rings. The van der Waals surface area contributed by atoms with Gasteiger partial charge in [-0.15, -0.1) is 0 Å². The van der Waals surface area contributed by atoms with E-state index in [-0.39, 0.29) is 17.4 Å². The quantitative estimate of drug-likeness (QED) is 0.827. The van der Waals surface area contributed by atoms with E-state index in [4.69, 9.17) is 10.5 Å². The molecule has 0 atom stereocenters. The molecule has 2 rings (SSSR count). The first kappa shape index (κ1) is 14.6. The summed E-state index contributed by atoms with van der Waals surface area (Å²) in [6, 6.07) is 2.70. The Bertz CT molecular complexity index is 499. The van der Waals surface area contributed by atoms with Crippen molar-refractivity contribution >= 4 is 17.3 Å². The van der Waals surface area contributed by atoms with Crippen molar-refractivity contribution in [2.75, 3.05) is 30.3 Å². The number of anilines is 2. The van der Waals surface area contributed by atoms with Crippen molar-refractivity contribution < 1.29 is 19.0 Å². The molecule has 0 amide bonds. The number of piperidine rings is 1. The van der Waals surface area contributed by atoms with E-state index in [1.807, 2.05) is 11.8 Å². The zero-order valence-electron chi connectivity index (χ0n) is 11.4. The predicted molar refractivity (Wildman–Crippen MR) is 74.6 cm³/mol. The van der Waals surface area contributed by atoms with E-state index in [9.17, 15) is 14.3 Å². The zero-order valence-corrected chi connectivity index (χ0v) is 11.4. The standard InChI is InChI=1S/C14H19FN2O3/c1-2-20-9-5-7-17(8-6-9)11-4-3-10(15)13(16)12(11)14(18)19/h3-4,9H,2,5-8,16H2,1H3,(H,18,19). The summed E-state index contributed by atoms with van der Waals surface area (Å²) in [5.74, 6) is -1.90. The molecule has 1 aliphatic heterocycles. The summed E-state index contributed by atoms with van der Waals surface area (Å²) in [6.45, 7) is 3.98. The summed E-state index contributed by atoms with van der Waals surface area (Å²) in [7, 11) is 0. The first-order valence-corrected chi connectivity index (χ1v) is 6.72. The molecule has 1 saturated heterocycles. The Balaban J connectivity index is 2.22. The van der Waals surface area contributed by atoms with E-state index in [0.29, 0.717) is 25.4 Å². The van der Waals surface area contributed by atoms with Gasteiger partial charge in [-0.05, 0) is 31.9 Å². The molecule has 0 saturated carbocycles. The van der Waals surface area contributed by atoms with Gasteiger partial charge >= 0.3 is 5.97 Å². The molecule has 0 unspecified atom stereocenters. The van der Waals surface area contributed by atoms with E-state index in [1.165, 1.54) is 12.1 Å². The first-order valence-electron chi connectivity index (χ1n) is 6.72. The van der Waals surface area contributed by atoms with Crippen LogP contribution in [0.5, 0.6) is 0 Å². The van der Waals surface area contributed by atoms with Crippen molar-refractivity contribution in [2.24, 2.45) is 0 Å². The van der Waals surface area contributed by atoms with Crippen LogP contribution in [0.15, 0.2) is 12.1 Å². The number of carbonyl (C=O) groups is 1. The highest BCUT2D eigenvalue weighted by molar-refractivity contribution is 6.00. The molecule has 110 valence electrons. The smallest absolute Gasteiger partial charge is 0.340 e. The van der Waals surface area contributed by atoms with Crippen LogP contribution in [0.2, 0.25) is 0 Å². The van der Waals surface area contributed by atoms with Crippen molar-refractivity contribution in [3.8, 4) is 0 Å². The highest BCUT2D eigenvalue weighted by Gasteiger charge is 2.25. The van der Waals surface area contributed by atoms with Gasteiger partial charge in [0.25, 0.3) is 0 Å². The zero-order chi connectivity index (χ0) is 14.7. The molecule has 20 heavy (non-hydrogen) atoms. The second-order valence-corrected chi connectivity index (χ2v) is 4.80. The van der Waals surface area contributed by atoms with Crippen LogP contribution in [0.4, 0.5) is 15.8 Å². The third-order valence-corrected chi connectivity index (χ3v) is 3.57. The van der Waals surface area contributed by atoms with Gasteiger partial charge in [0.15, 0.2) is 0 Å². The number of halogens is 1. The largest absolute Gasteiger partial charge is 0.478 e. The van der Waals surface area contributed by atoms with Crippen molar-refractivity contribution in [3.63, 3.8) is 0 Å². The van der Waals surface area contributed by atoms with Crippen LogP contribution in [0.25, 0.3) is 0 Å². The van der Waals surface area contributed by atoms with Crippen molar-refractivity contribution in [2.45, 2.75) is 25.9 Å². The Labute approximate surface area is 117 Å². The number of hydrogen-bond acceptors (Lipinski definition) is 4. The fourth-order valence-corrected chi connectivity index (χ4v) is 2.57. The van der Waals surface area contributed by atoms with Gasteiger partial charge in [0.05, 0.1) is 17.5 Å². The second-order valence-electron chi connectivity index (χ2n) is 4.80. The second kappa shape index (κ2) is 6.09. The molecule has 6 heteroatoms. The van der Waals surface area contributed by atoms with E-state index in [0.717, 1.165) is 12.8 Å². The van der Waals surface area contributed by atoms with Gasteiger partial charge < -0.3 is 20.5 Å². The van der Waals surface area contributed by atoms with Crippen LogP contribution in [0, 0.1) is 5.82 Å². The summed E-state index contributed by atoms with van der Waals surface area (Å²) in [4.78, 5) is 13.2. The van der Waals surface area contributed by atoms with Crippen LogP contribution in [-0.4, -0.2) is 36.9 Å². The Kier molecular flexibility index (Phi) is 4.44. The Morgan fingerprint density at radius 1 is 1.50 bits per heavy atom. The van der Waals surface area contributed by atoms with Crippen LogP contribution >= 0.6 is 0 Å². The summed E-state index contributed by atoms with van der Waals surface area (Å²) in [5.41, 5.74) is 5.58. The number of aromatic carboxylic acids is 1. The molecule has 0 spiro atoms. The van der Waals surface area contributed by atoms with E-state index >= 15 is 0 Å². The molecule has 1 heterocycles. The Morgan fingerprint density at radius 3 is 2.70 bits per heavy atom. The molecule has 0 aromatic heterocycles. The number of rotatable bonds is 4. The number of ether oxygens (including phenoxy) is 1. The molecular formula is C14H19FN2O3. The Morgan fingerprint density at radius 2 is 2.15 bits per heavy atom. The lowest BCUT2D eigenvalue weighted by atomic mass is 10.0. The molecule has 1 aromatic carbocycles. The molecule has 3 N–H and O–H groups in total. The molecule has 1 fully saturated rings. The number of hydrogen-bond donors (Lipinski definition) is 2. The van der Waals surface area contributed by atoms with Crippen molar-refractivity contribution in [3.05, 3.63) is 23.5 Å². The van der Waals surface area contributed by atoms with E-state index < -0.39 is 11.8 Å².